The first kappa shape index (κ1) is 12.3. The third-order valence-corrected chi connectivity index (χ3v) is 2.87. The predicted octanol–water partition coefficient (Wildman–Crippen LogP) is 2.23. The van der Waals surface area contributed by atoms with E-state index < -0.39 is 5.97 Å². The highest BCUT2D eigenvalue weighted by Gasteiger charge is 2.19. The van der Waals surface area contributed by atoms with Gasteiger partial charge in [0.2, 0.25) is 0 Å². The molecular formula is C13H15N3O2. The van der Waals surface area contributed by atoms with Crippen molar-refractivity contribution in [2.45, 2.75) is 26.8 Å². The van der Waals surface area contributed by atoms with Crippen molar-refractivity contribution in [3.05, 3.63) is 35.5 Å². The van der Waals surface area contributed by atoms with E-state index in [2.05, 4.69) is 17.2 Å². The Kier molecular flexibility index (Phi) is 3.41. The summed E-state index contributed by atoms with van der Waals surface area (Å²) in [7, 11) is 0. The smallest absolute Gasteiger partial charge is 0.358 e. The van der Waals surface area contributed by atoms with Gasteiger partial charge in [0, 0.05) is 12.1 Å². The van der Waals surface area contributed by atoms with Gasteiger partial charge in [-0.1, -0.05) is 36.4 Å². The molecule has 1 heterocycles. The normalized spacial score (nSPS) is 10.6. The number of carbonyl (C=O) groups is 1. The quantitative estimate of drug-likeness (QED) is 0.896. The van der Waals surface area contributed by atoms with Crippen molar-refractivity contribution in [3.8, 4) is 11.3 Å². The van der Waals surface area contributed by atoms with Gasteiger partial charge in [0.25, 0.3) is 0 Å². The molecule has 5 heteroatoms. The Morgan fingerprint density at radius 2 is 1.94 bits per heavy atom. The molecule has 1 aromatic heterocycles. The van der Waals surface area contributed by atoms with Crippen LogP contribution in [-0.4, -0.2) is 26.1 Å². The molecule has 0 amide bonds. The van der Waals surface area contributed by atoms with E-state index in [9.17, 15) is 4.79 Å². The Morgan fingerprint density at radius 1 is 1.28 bits per heavy atom. The molecule has 0 spiro atoms. The van der Waals surface area contributed by atoms with Crippen LogP contribution < -0.4 is 0 Å². The van der Waals surface area contributed by atoms with Crippen molar-refractivity contribution in [3.63, 3.8) is 0 Å². The Bertz CT molecular complexity index is 558. The molecule has 0 fully saturated rings. The lowest BCUT2D eigenvalue weighted by Crippen LogP contribution is -2.03. The summed E-state index contributed by atoms with van der Waals surface area (Å²) in [5, 5.41) is 16.7. The molecule has 1 N–H and O–H groups in total. The molecule has 94 valence electrons. The van der Waals surface area contributed by atoms with Crippen LogP contribution in [0.1, 0.15) is 29.9 Å². The van der Waals surface area contributed by atoms with Gasteiger partial charge in [-0.25, -0.2) is 9.48 Å². The first-order valence-corrected chi connectivity index (χ1v) is 5.93. The largest absolute Gasteiger partial charge is 0.476 e. The molecule has 18 heavy (non-hydrogen) atoms. The molecule has 1 aromatic carbocycles. The van der Waals surface area contributed by atoms with Gasteiger partial charge in [-0.05, 0) is 18.9 Å². The fraction of sp³-hybridized carbons (Fsp3) is 0.308. The van der Waals surface area contributed by atoms with E-state index in [1.165, 1.54) is 5.56 Å². The fourth-order valence-corrected chi connectivity index (χ4v) is 1.86. The number of hydrogen-bond donors (Lipinski definition) is 1. The summed E-state index contributed by atoms with van der Waals surface area (Å²) in [6, 6.07) is 7.81. The van der Waals surface area contributed by atoms with Crippen LogP contribution in [-0.2, 0) is 13.0 Å². The second kappa shape index (κ2) is 5.00. The van der Waals surface area contributed by atoms with Gasteiger partial charge in [0.15, 0.2) is 5.69 Å². The van der Waals surface area contributed by atoms with Crippen molar-refractivity contribution in [1.82, 2.24) is 15.0 Å². The summed E-state index contributed by atoms with van der Waals surface area (Å²) in [5.74, 6) is -1.05. The molecule has 0 unspecified atom stereocenters. The first-order chi connectivity index (χ1) is 8.67. The zero-order valence-electron chi connectivity index (χ0n) is 10.4. The molecule has 0 saturated heterocycles. The lowest BCUT2D eigenvalue weighted by Gasteiger charge is -2.05. The zero-order valence-corrected chi connectivity index (χ0v) is 10.4. The summed E-state index contributed by atoms with van der Waals surface area (Å²) >= 11 is 0. The van der Waals surface area contributed by atoms with Crippen molar-refractivity contribution in [2.75, 3.05) is 0 Å². The van der Waals surface area contributed by atoms with E-state index in [4.69, 9.17) is 5.11 Å². The highest BCUT2D eigenvalue weighted by atomic mass is 16.4. The number of aromatic carboxylic acids is 1. The number of carboxylic acid groups (broad SMARTS) is 1. The van der Waals surface area contributed by atoms with Gasteiger partial charge in [-0.2, -0.15) is 0 Å². The highest BCUT2D eigenvalue weighted by molar-refractivity contribution is 5.92. The van der Waals surface area contributed by atoms with Crippen LogP contribution in [0.5, 0.6) is 0 Å². The summed E-state index contributed by atoms with van der Waals surface area (Å²) in [4.78, 5) is 11.1. The maximum Gasteiger partial charge on any atom is 0.358 e. The minimum Gasteiger partial charge on any atom is -0.476 e. The molecule has 5 nitrogen and oxygen atoms in total. The van der Waals surface area contributed by atoms with Gasteiger partial charge in [-0.15, -0.1) is 5.10 Å². The third-order valence-electron chi connectivity index (χ3n) is 2.87. The number of aromatic nitrogens is 3. The fourth-order valence-electron chi connectivity index (χ4n) is 1.86. The minimum atomic E-state index is -1.05. The molecule has 0 aliphatic rings. The summed E-state index contributed by atoms with van der Waals surface area (Å²) < 4.78 is 1.60. The number of rotatable bonds is 4. The second-order valence-corrected chi connectivity index (χ2v) is 3.96. The molecule has 0 aliphatic heterocycles. The van der Waals surface area contributed by atoms with E-state index in [1.54, 1.807) is 4.68 Å². The molecule has 0 aliphatic carbocycles. The van der Waals surface area contributed by atoms with Gasteiger partial charge in [0.1, 0.15) is 5.69 Å². The van der Waals surface area contributed by atoms with Crippen LogP contribution in [0.4, 0.5) is 0 Å². The van der Waals surface area contributed by atoms with Gasteiger partial charge in [0.05, 0.1) is 0 Å². The van der Waals surface area contributed by atoms with Gasteiger partial charge < -0.3 is 5.11 Å². The van der Waals surface area contributed by atoms with E-state index in [-0.39, 0.29) is 5.69 Å². The Balaban J connectivity index is 2.53. The lowest BCUT2D eigenvalue weighted by atomic mass is 10.1. The Labute approximate surface area is 105 Å². The number of hydrogen-bond acceptors (Lipinski definition) is 3. The Hall–Kier alpha value is -2.17. The standard InChI is InChI=1S/C13H15N3O2/c1-3-9-5-7-10(8-6-9)12-11(13(17)18)14-15-16(12)4-2/h5-8H,3-4H2,1-2H3,(H,17,18). The first-order valence-electron chi connectivity index (χ1n) is 5.93. The molecule has 0 radical (unpaired) electrons. The van der Waals surface area contributed by atoms with Gasteiger partial charge >= 0.3 is 5.97 Å². The lowest BCUT2D eigenvalue weighted by molar-refractivity contribution is 0.0691. The third kappa shape index (κ3) is 2.11. The summed E-state index contributed by atoms with van der Waals surface area (Å²) in [6.07, 6.45) is 0.956. The topological polar surface area (TPSA) is 68.0 Å². The zero-order chi connectivity index (χ0) is 13.1. The summed E-state index contributed by atoms with van der Waals surface area (Å²) in [6.45, 7) is 4.57. The van der Waals surface area contributed by atoms with Gasteiger partial charge in [-0.3, -0.25) is 0 Å². The molecule has 0 bridgehead atoms. The van der Waals surface area contributed by atoms with Crippen LogP contribution in [0.2, 0.25) is 0 Å². The summed E-state index contributed by atoms with van der Waals surface area (Å²) in [5.41, 5.74) is 2.61. The number of benzene rings is 1. The van der Waals surface area contributed by atoms with E-state index in [0.717, 1.165) is 12.0 Å². The van der Waals surface area contributed by atoms with Crippen LogP contribution in [0.15, 0.2) is 24.3 Å². The SMILES string of the molecule is CCc1ccc(-c2c(C(=O)O)nnn2CC)cc1. The molecule has 0 atom stereocenters. The van der Waals surface area contributed by atoms with Crippen LogP contribution in [0.3, 0.4) is 0 Å². The van der Waals surface area contributed by atoms with Crippen molar-refractivity contribution in [2.24, 2.45) is 0 Å². The molecule has 2 aromatic rings. The maximum absolute atomic E-state index is 11.1. The van der Waals surface area contributed by atoms with Crippen LogP contribution >= 0.6 is 0 Å². The van der Waals surface area contributed by atoms with Crippen LogP contribution in [0, 0.1) is 0 Å². The van der Waals surface area contributed by atoms with Crippen molar-refractivity contribution < 1.29 is 9.90 Å². The highest BCUT2D eigenvalue weighted by Crippen LogP contribution is 2.23. The van der Waals surface area contributed by atoms with Crippen molar-refractivity contribution in [1.29, 1.82) is 0 Å². The van der Waals surface area contributed by atoms with E-state index in [0.29, 0.717) is 12.2 Å². The number of aryl methyl sites for hydroxylation is 2. The second-order valence-electron chi connectivity index (χ2n) is 3.96. The number of carboxylic acids is 1. The maximum atomic E-state index is 11.1. The van der Waals surface area contributed by atoms with E-state index in [1.807, 2.05) is 31.2 Å². The predicted molar refractivity (Wildman–Crippen MR) is 67.5 cm³/mol. The van der Waals surface area contributed by atoms with Crippen LogP contribution in [0.25, 0.3) is 11.3 Å². The Morgan fingerprint density at radius 3 is 2.44 bits per heavy atom. The average molecular weight is 245 g/mol. The average Bonchev–Trinajstić information content (AvgIpc) is 2.82. The monoisotopic (exact) mass is 245 g/mol. The van der Waals surface area contributed by atoms with Crippen molar-refractivity contribution >= 4 is 5.97 Å². The molecule has 0 saturated carbocycles. The minimum absolute atomic E-state index is 0.00102. The molecular weight excluding hydrogens is 230 g/mol. The van der Waals surface area contributed by atoms with E-state index >= 15 is 0 Å². The molecule has 2 rings (SSSR count). The number of nitrogens with zero attached hydrogens (tertiary/aromatic N) is 3.